The van der Waals surface area contributed by atoms with Gasteiger partial charge in [0, 0.05) is 29.3 Å². The average molecular weight is 318 g/mol. The predicted octanol–water partition coefficient (Wildman–Crippen LogP) is 3.86. The summed E-state index contributed by atoms with van der Waals surface area (Å²) in [5, 5.41) is 9.28. The molecule has 0 aliphatic carbocycles. The molecule has 3 aromatic rings. The highest BCUT2D eigenvalue weighted by Gasteiger charge is 2.17. The quantitative estimate of drug-likeness (QED) is 0.730. The van der Waals surface area contributed by atoms with Crippen LogP contribution in [0.5, 0.6) is 0 Å². The van der Waals surface area contributed by atoms with Crippen LogP contribution < -0.4 is 0 Å². The fourth-order valence-electron chi connectivity index (χ4n) is 2.41. The SMILES string of the molecule is C#Cc1cccc(C(=O)O)c1-n1c(C)ccc1C.c1ccncc1. The number of nitrogens with zero attached hydrogens (tertiary/aromatic N) is 2. The van der Waals surface area contributed by atoms with Crippen LogP contribution in [-0.2, 0) is 0 Å². The lowest BCUT2D eigenvalue weighted by Gasteiger charge is -2.14. The van der Waals surface area contributed by atoms with E-state index in [1.54, 1.807) is 30.6 Å². The van der Waals surface area contributed by atoms with Gasteiger partial charge in [-0.25, -0.2) is 4.79 Å². The van der Waals surface area contributed by atoms with E-state index >= 15 is 0 Å². The highest BCUT2D eigenvalue weighted by Crippen LogP contribution is 2.24. The highest BCUT2D eigenvalue weighted by atomic mass is 16.4. The van der Waals surface area contributed by atoms with Crippen LogP contribution in [0.1, 0.15) is 27.3 Å². The second-order valence-electron chi connectivity index (χ2n) is 5.13. The molecule has 0 amide bonds. The van der Waals surface area contributed by atoms with Crippen LogP contribution >= 0.6 is 0 Å². The number of carboxylic acid groups (broad SMARTS) is 1. The number of hydrogen-bond donors (Lipinski definition) is 1. The molecule has 24 heavy (non-hydrogen) atoms. The van der Waals surface area contributed by atoms with Gasteiger partial charge in [-0.15, -0.1) is 6.42 Å². The van der Waals surface area contributed by atoms with E-state index in [-0.39, 0.29) is 5.56 Å². The van der Waals surface area contributed by atoms with Gasteiger partial charge in [0.1, 0.15) is 0 Å². The minimum atomic E-state index is -0.977. The molecular formula is C20H18N2O2. The Morgan fingerprint density at radius 2 is 1.67 bits per heavy atom. The summed E-state index contributed by atoms with van der Waals surface area (Å²) in [6.45, 7) is 3.85. The van der Waals surface area contributed by atoms with E-state index in [4.69, 9.17) is 6.42 Å². The fourth-order valence-corrected chi connectivity index (χ4v) is 2.41. The van der Waals surface area contributed by atoms with E-state index in [1.807, 2.05) is 48.7 Å². The van der Waals surface area contributed by atoms with E-state index in [2.05, 4.69) is 10.9 Å². The first kappa shape index (κ1) is 17.0. The van der Waals surface area contributed by atoms with Crippen LogP contribution in [0, 0.1) is 26.2 Å². The molecule has 4 nitrogen and oxygen atoms in total. The lowest BCUT2D eigenvalue weighted by Crippen LogP contribution is -2.09. The molecule has 0 fully saturated rings. The minimum Gasteiger partial charge on any atom is -0.478 e. The number of carboxylic acids is 1. The summed E-state index contributed by atoms with van der Waals surface area (Å²) in [4.78, 5) is 15.1. The number of rotatable bonds is 2. The maximum absolute atomic E-state index is 11.3. The van der Waals surface area contributed by atoms with Crippen molar-refractivity contribution >= 4 is 5.97 Å². The number of benzene rings is 1. The Morgan fingerprint density at radius 1 is 1.04 bits per heavy atom. The van der Waals surface area contributed by atoms with E-state index in [9.17, 15) is 9.90 Å². The number of para-hydroxylation sites is 1. The summed E-state index contributed by atoms with van der Waals surface area (Å²) in [6, 6.07) is 14.6. The maximum Gasteiger partial charge on any atom is 0.337 e. The second kappa shape index (κ2) is 7.80. The summed E-state index contributed by atoms with van der Waals surface area (Å²) in [5.41, 5.74) is 3.27. The number of aryl methyl sites for hydroxylation is 2. The summed E-state index contributed by atoms with van der Waals surface area (Å²) in [5.74, 6) is 1.57. The van der Waals surface area contributed by atoms with Crippen LogP contribution in [-0.4, -0.2) is 20.6 Å². The molecule has 0 saturated heterocycles. The van der Waals surface area contributed by atoms with Gasteiger partial charge in [-0.3, -0.25) is 4.98 Å². The Kier molecular flexibility index (Phi) is 5.54. The van der Waals surface area contributed by atoms with Gasteiger partial charge in [-0.1, -0.05) is 18.1 Å². The lowest BCUT2D eigenvalue weighted by atomic mass is 10.1. The van der Waals surface area contributed by atoms with Crippen molar-refractivity contribution in [1.29, 1.82) is 0 Å². The molecule has 0 aliphatic heterocycles. The van der Waals surface area contributed by atoms with Crippen molar-refractivity contribution in [2.75, 3.05) is 0 Å². The maximum atomic E-state index is 11.3. The van der Waals surface area contributed by atoms with Gasteiger partial charge in [0.05, 0.1) is 11.3 Å². The van der Waals surface area contributed by atoms with Crippen molar-refractivity contribution in [1.82, 2.24) is 9.55 Å². The normalized spacial score (nSPS) is 9.54. The molecule has 0 aliphatic rings. The van der Waals surface area contributed by atoms with Crippen molar-refractivity contribution in [2.24, 2.45) is 0 Å². The zero-order valence-electron chi connectivity index (χ0n) is 13.6. The highest BCUT2D eigenvalue weighted by molar-refractivity contribution is 5.93. The third-order valence-corrected chi connectivity index (χ3v) is 3.48. The van der Waals surface area contributed by atoms with E-state index in [0.29, 0.717) is 11.3 Å². The van der Waals surface area contributed by atoms with Gasteiger partial charge in [0.15, 0.2) is 0 Å². The van der Waals surface area contributed by atoms with E-state index in [0.717, 1.165) is 11.4 Å². The van der Waals surface area contributed by atoms with Gasteiger partial charge >= 0.3 is 5.97 Å². The third kappa shape index (κ3) is 3.71. The van der Waals surface area contributed by atoms with Crippen molar-refractivity contribution in [3.8, 4) is 18.0 Å². The van der Waals surface area contributed by atoms with Gasteiger partial charge < -0.3 is 9.67 Å². The predicted molar refractivity (Wildman–Crippen MR) is 94.4 cm³/mol. The van der Waals surface area contributed by atoms with Gasteiger partial charge in [0.25, 0.3) is 0 Å². The molecule has 0 radical (unpaired) electrons. The zero-order valence-corrected chi connectivity index (χ0v) is 13.6. The van der Waals surface area contributed by atoms with Crippen LogP contribution in [0.2, 0.25) is 0 Å². The number of pyridine rings is 1. The van der Waals surface area contributed by atoms with Crippen molar-refractivity contribution in [3.05, 3.63) is 83.4 Å². The molecule has 0 unspecified atom stereocenters. The summed E-state index contributed by atoms with van der Waals surface area (Å²) in [6.07, 6.45) is 8.97. The van der Waals surface area contributed by atoms with Crippen LogP contribution in [0.3, 0.4) is 0 Å². The molecule has 0 atom stereocenters. The van der Waals surface area contributed by atoms with Gasteiger partial charge in [-0.2, -0.15) is 0 Å². The Morgan fingerprint density at radius 3 is 2.08 bits per heavy atom. The summed E-state index contributed by atoms with van der Waals surface area (Å²) in [7, 11) is 0. The van der Waals surface area contributed by atoms with Gasteiger partial charge in [-0.05, 0) is 50.2 Å². The first-order valence-corrected chi connectivity index (χ1v) is 7.39. The molecule has 1 aromatic carbocycles. The van der Waals surface area contributed by atoms with Gasteiger partial charge in [0.2, 0.25) is 0 Å². The Hall–Kier alpha value is -3.32. The van der Waals surface area contributed by atoms with E-state index < -0.39 is 5.97 Å². The first-order valence-electron chi connectivity index (χ1n) is 7.39. The zero-order chi connectivity index (χ0) is 17.5. The molecule has 0 saturated carbocycles. The molecule has 1 N–H and O–H groups in total. The number of hydrogen-bond acceptors (Lipinski definition) is 2. The van der Waals surface area contributed by atoms with Crippen LogP contribution in [0.4, 0.5) is 0 Å². The Bertz CT molecular complexity index is 828. The number of terminal acetylenes is 1. The molecule has 2 aromatic heterocycles. The summed E-state index contributed by atoms with van der Waals surface area (Å²) >= 11 is 0. The molecule has 3 rings (SSSR count). The fraction of sp³-hybridized carbons (Fsp3) is 0.100. The van der Waals surface area contributed by atoms with Crippen LogP contribution in [0.15, 0.2) is 60.9 Å². The van der Waals surface area contributed by atoms with Crippen molar-refractivity contribution in [3.63, 3.8) is 0 Å². The minimum absolute atomic E-state index is 0.216. The summed E-state index contributed by atoms with van der Waals surface area (Å²) < 4.78 is 1.87. The number of aromatic carboxylic acids is 1. The smallest absolute Gasteiger partial charge is 0.337 e. The second-order valence-corrected chi connectivity index (χ2v) is 5.13. The molecule has 4 heteroatoms. The van der Waals surface area contributed by atoms with Crippen molar-refractivity contribution in [2.45, 2.75) is 13.8 Å². The molecular weight excluding hydrogens is 300 g/mol. The number of carbonyl (C=O) groups is 1. The largest absolute Gasteiger partial charge is 0.478 e. The topological polar surface area (TPSA) is 55.1 Å². The molecule has 120 valence electrons. The standard InChI is InChI=1S/C15H13NO2.C5H5N/c1-4-12-6-5-7-13(15(17)18)14(12)16-10(2)8-9-11(16)3;1-2-4-6-5-3-1/h1,5-9H,2-3H3,(H,17,18);1-5H. The number of aromatic nitrogens is 2. The third-order valence-electron chi connectivity index (χ3n) is 3.48. The Labute approximate surface area is 141 Å². The molecule has 0 spiro atoms. The van der Waals surface area contributed by atoms with Crippen molar-refractivity contribution < 1.29 is 9.90 Å². The van der Waals surface area contributed by atoms with E-state index in [1.165, 1.54) is 0 Å². The molecule has 0 bridgehead atoms. The molecule has 2 heterocycles. The Balaban J connectivity index is 0.000000292. The average Bonchev–Trinajstić information content (AvgIpc) is 2.94. The monoisotopic (exact) mass is 318 g/mol. The van der Waals surface area contributed by atoms with Crippen LogP contribution in [0.25, 0.3) is 5.69 Å². The lowest BCUT2D eigenvalue weighted by molar-refractivity contribution is 0.0697. The first-order chi connectivity index (χ1) is 11.6.